The van der Waals surface area contributed by atoms with Crippen molar-refractivity contribution in [3.8, 4) is 0 Å². The van der Waals surface area contributed by atoms with Gasteiger partial charge in [0.25, 0.3) is 0 Å². The molecule has 4 saturated heterocycles. The van der Waals surface area contributed by atoms with Crippen LogP contribution in [0.5, 0.6) is 0 Å². The topological polar surface area (TPSA) is 151 Å². The average molecular weight is 1030 g/mol. The largest absolute Gasteiger partial charge is 0.441 e. The molecular weight excluding hydrogens is 974 g/mol. The minimum absolute atomic E-state index is 0.0583. The molecule has 0 unspecified atom stereocenters. The van der Waals surface area contributed by atoms with Crippen molar-refractivity contribution in [3.05, 3.63) is 140 Å². The Kier molecular flexibility index (Phi) is 16.9. The fourth-order valence-electron chi connectivity index (χ4n) is 8.53. The van der Waals surface area contributed by atoms with Crippen LogP contribution in [-0.2, 0) is 34.9 Å². The van der Waals surface area contributed by atoms with E-state index < -0.39 is 25.5 Å². The zero-order valence-corrected chi connectivity index (χ0v) is 40.5. The Labute approximate surface area is 389 Å². The summed E-state index contributed by atoms with van der Waals surface area (Å²) in [4.78, 5) is 29.3. The SMILES string of the molecule is C[C@@H](c1ccc(Br)cc1)N1CC[C@](CCN2CCCS2(=O)=O)(c2ccccc2)OC1=O.C[C@@H](c1ccc(Br)cc1)N1C[C@@H](CCO)[C@H](c2ccccc2)OC1=O.O=S1(=O)CCCC1. The highest BCUT2D eigenvalue weighted by atomic mass is 79.9. The Bertz CT molecular complexity index is 2330. The third-order valence-corrected chi connectivity index (χ3v) is 17.1. The molecule has 0 spiro atoms. The minimum atomic E-state index is -3.20. The van der Waals surface area contributed by atoms with Gasteiger partial charge in [-0.2, -0.15) is 0 Å². The highest BCUT2D eigenvalue weighted by molar-refractivity contribution is 9.10. The maximum Gasteiger partial charge on any atom is 0.411 e. The van der Waals surface area contributed by atoms with Crippen LogP contribution in [0.3, 0.4) is 0 Å². The van der Waals surface area contributed by atoms with Crippen LogP contribution >= 0.6 is 31.9 Å². The van der Waals surface area contributed by atoms with Crippen LogP contribution in [-0.4, -0.2) is 98.3 Å². The number of carbonyl (C=O) groups is 2. The van der Waals surface area contributed by atoms with Crippen molar-refractivity contribution in [2.45, 2.75) is 76.2 Å². The van der Waals surface area contributed by atoms with Gasteiger partial charge in [0.05, 0.1) is 29.3 Å². The van der Waals surface area contributed by atoms with Crippen molar-refractivity contribution in [2.24, 2.45) is 5.92 Å². The summed E-state index contributed by atoms with van der Waals surface area (Å²) in [6.45, 7) is 6.07. The van der Waals surface area contributed by atoms with E-state index in [1.165, 1.54) is 4.31 Å². The van der Waals surface area contributed by atoms with Crippen molar-refractivity contribution in [1.29, 1.82) is 0 Å². The summed E-state index contributed by atoms with van der Waals surface area (Å²) in [5.74, 6) is 1.10. The Balaban J connectivity index is 0.000000184. The van der Waals surface area contributed by atoms with Crippen LogP contribution in [0.25, 0.3) is 0 Å². The number of sulfonamides is 1. The Hall–Kier alpha value is -3.80. The fourth-order valence-corrected chi connectivity index (χ4v) is 12.1. The Morgan fingerprint density at radius 3 is 1.76 bits per heavy atom. The Morgan fingerprint density at radius 1 is 0.714 bits per heavy atom. The number of nitrogens with zero attached hydrogens (tertiary/aromatic N) is 3. The summed E-state index contributed by atoms with van der Waals surface area (Å²) in [6, 6.07) is 35.1. The number of carbonyl (C=O) groups excluding carboxylic acids is 2. The molecule has 8 rings (SSSR count). The molecule has 340 valence electrons. The van der Waals surface area contributed by atoms with Crippen LogP contribution in [0.1, 0.15) is 92.8 Å². The molecule has 4 fully saturated rings. The molecule has 0 aliphatic carbocycles. The average Bonchev–Trinajstić information content (AvgIpc) is 3.86. The number of aliphatic hydroxyl groups is 1. The van der Waals surface area contributed by atoms with Crippen LogP contribution in [0.2, 0.25) is 0 Å². The Morgan fingerprint density at radius 2 is 1.27 bits per heavy atom. The van der Waals surface area contributed by atoms with Gasteiger partial charge in [-0.3, -0.25) is 0 Å². The summed E-state index contributed by atoms with van der Waals surface area (Å²) < 4.78 is 60.8. The van der Waals surface area contributed by atoms with E-state index >= 15 is 0 Å². The number of halogens is 2. The maximum atomic E-state index is 13.2. The standard InChI is InChI=1S/C23H27BrN2O4S.C20H22BrNO3.C4H8O2S/c1-18(19-8-10-21(24)11-9-19)26-16-13-23(30-22(26)27,20-6-3-2-4-7-20)12-15-25-14-5-17-31(25,28)29;1-14(15-7-9-18(21)10-8-15)22-13-17(11-12-23)19(25-20(22)24)16-5-3-2-4-6-16;5-7(6)3-1-2-4-7/h2-4,6-11,18H,5,12-17H2,1H3;2-10,14,17,19,23H,11-13H2,1H3;1-4H2/t18-,23+;14-,17+,19-;/m00./s1. The number of benzene rings is 4. The van der Waals surface area contributed by atoms with Gasteiger partial charge in [-0.05, 0) is 86.1 Å². The predicted octanol–water partition coefficient (Wildman–Crippen LogP) is 9.57. The second-order valence-electron chi connectivity index (χ2n) is 16.4. The van der Waals surface area contributed by atoms with E-state index in [4.69, 9.17) is 9.47 Å². The molecule has 5 atom stereocenters. The molecule has 63 heavy (non-hydrogen) atoms. The lowest BCUT2D eigenvalue weighted by Crippen LogP contribution is -2.50. The van der Waals surface area contributed by atoms with Crippen molar-refractivity contribution in [3.63, 3.8) is 0 Å². The summed E-state index contributed by atoms with van der Waals surface area (Å²) in [5.41, 5.74) is 3.16. The third-order valence-electron chi connectivity index (χ3n) is 12.3. The number of rotatable bonds is 11. The highest BCUT2D eigenvalue weighted by Gasteiger charge is 2.45. The molecule has 0 aromatic heterocycles. The number of hydrogen-bond donors (Lipinski definition) is 1. The first kappa shape index (κ1) is 48.7. The summed E-state index contributed by atoms with van der Waals surface area (Å²) in [5, 5.41) is 9.46. The second-order valence-corrected chi connectivity index (χ2v) is 22.7. The molecule has 0 bridgehead atoms. The lowest BCUT2D eigenvalue weighted by atomic mass is 9.85. The van der Waals surface area contributed by atoms with Gasteiger partial charge < -0.3 is 24.4 Å². The zero-order valence-electron chi connectivity index (χ0n) is 35.7. The molecule has 0 radical (unpaired) electrons. The molecule has 12 nitrogen and oxygen atoms in total. The van der Waals surface area contributed by atoms with Gasteiger partial charge in [-0.25, -0.2) is 30.7 Å². The summed E-state index contributed by atoms with van der Waals surface area (Å²) in [7, 11) is -5.74. The van der Waals surface area contributed by atoms with Gasteiger partial charge in [-0.15, -0.1) is 0 Å². The monoisotopic (exact) mass is 1030 g/mol. The van der Waals surface area contributed by atoms with Gasteiger partial charge in [-0.1, -0.05) is 117 Å². The number of aliphatic hydroxyl groups excluding tert-OH is 1. The zero-order chi connectivity index (χ0) is 45.2. The van der Waals surface area contributed by atoms with Crippen LogP contribution < -0.4 is 0 Å². The van der Waals surface area contributed by atoms with Crippen molar-refractivity contribution in [2.75, 3.05) is 50.0 Å². The van der Waals surface area contributed by atoms with E-state index in [9.17, 15) is 31.5 Å². The normalized spacial score (nSPS) is 23.9. The van der Waals surface area contributed by atoms with Crippen molar-refractivity contribution >= 4 is 63.9 Å². The van der Waals surface area contributed by atoms with Crippen molar-refractivity contribution in [1.82, 2.24) is 14.1 Å². The highest BCUT2D eigenvalue weighted by Crippen LogP contribution is 2.41. The molecule has 2 amide bonds. The van der Waals surface area contributed by atoms with Gasteiger partial charge >= 0.3 is 12.2 Å². The predicted molar refractivity (Wildman–Crippen MR) is 251 cm³/mol. The first-order chi connectivity index (χ1) is 30.1. The smallest absolute Gasteiger partial charge is 0.411 e. The van der Waals surface area contributed by atoms with Crippen molar-refractivity contribution < 1.29 is 41.0 Å². The first-order valence-electron chi connectivity index (χ1n) is 21.5. The van der Waals surface area contributed by atoms with E-state index in [0.29, 0.717) is 63.4 Å². The lowest BCUT2D eigenvalue weighted by molar-refractivity contribution is -0.0669. The summed E-state index contributed by atoms with van der Waals surface area (Å²) in [6.07, 6.45) is 3.07. The quantitative estimate of drug-likeness (QED) is 0.155. The third kappa shape index (κ3) is 12.7. The lowest BCUT2D eigenvalue weighted by Gasteiger charge is -2.44. The number of cyclic esters (lactones) is 2. The van der Waals surface area contributed by atoms with E-state index in [2.05, 4.69) is 31.9 Å². The second kappa shape index (κ2) is 21.9. The van der Waals surface area contributed by atoms with E-state index in [0.717, 1.165) is 44.0 Å². The maximum absolute atomic E-state index is 13.2. The van der Waals surface area contributed by atoms with Gasteiger partial charge in [0, 0.05) is 60.5 Å². The van der Waals surface area contributed by atoms with Gasteiger partial charge in [0.15, 0.2) is 0 Å². The molecule has 4 heterocycles. The van der Waals surface area contributed by atoms with E-state index in [-0.39, 0.29) is 48.7 Å². The molecule has 16 heteroatoms. The fraction of sp³-hybridized carbons (Fsp3) is 0.447. The first-order valence-corrected chi connectivity index (χ1v) is 26.5. The van der Waals surface area contributed by atoms with Crippen LogP contribution in [0, 0.1) is 5.92 Å². The minimum Gasteiger partial charge on any atom is -0.441 e. The van der Waals surface area contributed by atoms with Crippen LogP contribution in [0.4, 0.5) is 9.59 Å². The number of ether oxygens (including phenoxy) is 2. The van der Waals surface area contributed by atoms with E-state index in [1.807, 2.05) is 123 Å². The molecule has 4 aliphatic heterocycles. The number of hydrogen-bond acceptors (Lipinski definition) is 9. The van der Waals surface area contributed by atoms with Crippen LogP contribution in [0.15, 0.2) is 118 Å². The number of amides is 2. The molecule has 4 aromatic rings. The van der Waals surface area contributed by atoms with Gasteiger partial charge in [0.2, 0.25) is 10.0 Å². The van der Waals surface area contributed by atoms with E-state index in [1.54, 1.807) is 9.80 Å². The summed E-state index contributed by atoms with van der Waals surface area (Å²) >= 11 is 6.88. The molecule has 1 N–H and O–H groups in total. The molecule has 4 aliphatic rings. The van der Waals surface area contributed by atoms with Gasteiger partial charge in [0.1, 0.15) is 21.5 Å². The molecule has 0 saturated carbocycles. The molecular formula is C47H57Br2N3O9S2. The molecule has 4 aromatic carbocycles. The number of sulfone groups is 1.